The molecule has 2 rings (SSSR count). The Bertz CT molecular complexity index is 599. The van der Waals surface area contributed by atoms with Gasteiger partial charge in [-0.25, -0.2) is 0 Å². The van der Waals surface area contributed by atoms with Crippen LogP contribution in [0.25, 0.3) is 0 Å². The van der Waals surface area contributed by atoms with Crippen LogP contribution in [0, 0.1) is 0 Å². The topological polar surface area (TPSA) is 64.2 Å². The number of furan rings is 1. The molecule has 1 N–H and O–H groups in total. The van der Waals surface area contributed by atoms with E-state index in [2.05, 4.69) is 5.32 Å². The highest BCUT2D eigenvalue weighted by Gasteiger charge is 2.13. The maximum absolute atomic E-state index is 11.9. The Kier molecular flexibility index (Phi) is 3.32. The highest BCUT2D eigenvalue weighted by molar-refractivity contribution is 5.94. The lowest BCUT2D eigenvalue weighted by atomic mass is 10.2. The van der Waals surface area contributed by atoms with E-state index < -0.39 is 0 Å². The summed E-state index contributed by atoms with van der Waals surface area (Å²) < 4.78 is 6.60. The summed E-state index contributed by atoms with van der Waals surface area (Å²) in [7, 11) is 1.63. The molecule has 0 aliphatic carbocycles. The van der Waals surface area contributed by atoms with Gasteiger partial charge >= 0.3 is 0 Å². The Morgan fingerprint density at radius 2 is 2.22 bits per heavy atom. The molecule has 2 heterocycles. The fourth-order valence-corrected chi connectivity index (χ4v) is 1.58. The van der Waals surface area contributed by atoms with Crippen LogP contribution in [0.1, 0.15) is 29.1 Å². The van der Waals surface area contributed by atoms with Gasteiger partial charge in [-0.2, -0.15) is 0 Å². The molecule has 0 aliphatic rings. The molecule has 5 heteroatoms. The normalized spacial score (nSPS) is 12.1. The second-order valence-electron chi connectivity index (χ2n) is 4.08. The summed E-state index contributed by atoms with van der Waals surface area (Å²) in [5.74, 6) is 0.379. The molecule has 0 saturated heterocycles. The number of nitrogens with zero attached hydrogens (tertiary/aromatic N) is 1. The van der Waals surface area contributed by atoms with Gasteiger partial charge in [0.15, 0.2) is 0 Å². The van der Waals surface area contributed by atoms with Crippen LogP contribution in [0.2, 0.25) is 0 Å². The Morgan fingerprint density at radius 3 is 2.83 bits per heavy atom. The first-order chi connectivity index (χ1) is 8.58. The lowest BCUT2D eigenvalue weighted by Gasteiger charge is -2.11. The SMILES string of the molecule is CC(NC(=O)c1ccn(C)c(=O)c1)c1ccco1. The molecule has 0 spiro atoms. The number of carbonyl (C=O) groups excluding carboxylic acids is 1. The van der Waals surface area contributed by atoms with Crippen molar-refractivity contribution >= 4 is 5.91 Å². The molecule has 94 valence electrons. The summed E-state index contributed by atoms with van der Waals surface area (Å²) in [6.45, 7) is 1.82. The average molecular weight is 246 g/mol. The molecule has 0 radical (unpaired) electrons. The first-order valence-corrected chi connectivity index (χ1v) is 5.59. The fraction of sp³-hybridized carbons (Fsp3) is 0.231. The number of carbonyl (C=O) groups is 1. The van der Waals surface area contributed by atoms with Gasteiger partial charge in [-0.15, -0.1) is 0 Å². The number of amides is 1. The first-order valence-electron chi connectivity index (χ1n) is 5.59. The van der Waals surface area contributed by atoms with E-state index >= 15 is 0 Å². The number of aromatic nitrogens is 1. The summed E-state index contributed by atoms with van der Waals surface area (Å²) in [6, 6.07) is 6.22. The second kappa shape index (κ2) is 4.91. The molecule has 18 heavy (non-hydrogen) atoms. The van der Waals surface area contributed by atoms with Crippen LogP contribution in [0.5, 0.6) is 0 Å². The number of hydrogen-bond donors (Lipinski definition) is 1. The van der Waals surface area contributed by atoms with Gasteiger partial charge in [0.2, 0.25) is 0 Å². The van der Waals surface area contributed by atoms with Crippen molar-refractivity contribution in [2.45, 2.75) is 13.0 Å². The first kappa shape index (κ1) is 12.2. The largest absolute Gasteiger partial charge is 0.467 e. The Balaban J connectivity index is 2.12. The van der Waals surface area contributed by atoms with E-state index in [4.69, 9.17) is 4.42 Å². The van der Waals surface area contributed by atoms with E-state index in [0.717, 1.165) is 0 Å². The van der Waals surface area contributed by atoms with Gasteiger partial charge in [0.05, 0.1) is 12.3 Å². The van der Waals surface area contributed by atoms with E-state index in [9.17, 15) is 9.59 Å². The second-order valence-corrected chi connectivity index (χ2v) is 4.08. The molecule has 0 aromatic carbocycles. The molecule has 0 aliphatic heterocycles. The van der Waals surface area contributed by atoms with E-state index in [1.165, 1.54) is 10.6 Å². The molecule has 0 fully saturated rings. The number of nitrogens with one attached hydrogen (secondary N) is 1. The molecule has 0 saturated carbocycles. The highest BCUT2D eigenvalue weighted by atomic mass is 16.3. The van der Waals surface area contributed by atoms with Gasteiger partial charge in [-0.05, 0) is 25.1 Å². The number of pyridine rings is 1. The predicted molar refractivity (Wildman–Crippen MR) is 66.3 cm³/mol. The van der Waals surface area contributed by atoms with Gasteiger partial charge in [-0.3, -0.25) is 9.59 Å². The lowest BCUT2D eigenvalue weighted by molar-refractivity contribution is 0.0935. The fourth-order valence-electron chi connectivity index (χ4n) is 1.58. The van der Waals surface area contributed by atoms with Crippen molar-refractivity contribution in [1.82, 2.24) is 9.88 Å². The molecule has 1 amide bonds. The van der Waals surface area contributed by atoms with E-state index in [1.807, 2.05) is 6.92 Å². The molecule has 0 bridgehead atoms. The quantitative estimate of drug-likeness (QED) is 0.891. The zero-order chi connectivity index (χ0) is 13.1. The molecule has 2 aromatic heterocycles. The van der Waals surface area contributed by atoms with E-state index in [1.54, 1.807) is 37.7 Å². The number of rotatable bonds is 3. The minimum atomic E-state index is -0.295. The van der Waals surface area contributed by atoms with Crippen LogP contribution >= 0.6 is 0 Å². The molecule has 1 atom stereocenters. The standard InChI is InChI=1S/C13H14N2O3/c1-9(11-4-3-7-18-11)14-13(17)10-5-6-15(2)12(16)8-10/h3-9H,1-2H3,(H,14,17). The molecule has 1 unspecified atom stereocenters. The van der Waals surface area contributed by atoms with Crippen LogP contribution in [-0.4, -0.2) is 10.5 Å². The Hall–Kier alpha value is -2.30. The van der Waals surface area contributed by atoms with Gasteiger partial charge in [-0.1, -0.05) is 0 Å². The third kappa shape index (κ3) is 2.51. The van der Waals surface area contributed by atoms with Crippen molar-refractivity contribution < 1.29 is 9.21 Å². The van der Waals surface area contributed by atoms with Gasteiger partial charge in [0, 0.05) is 24.9 Å². The average Bonchev–Trinajstić information content (AvgIpc) is 2.86. The number of hydrogen-bond acceptors (Lipinski definition) is 3. The van der Waals surface area contributed by atoms with Gasteiger partial charge in [0.1, 0.15) is 5.76 Å². The smallest absolute Gasteiger partial charge is 0.252 e. The van der Waals surface area contributed by atoms with Crippen molar-refractivity contribution in [2.75, 3.05) is 0 Å². The van der Waals surface area contributed by atoms with Crippen molar-refractivity contribution in [3.8, 4) is 0 Å². The lowest BCUT2D eigenvalue weighted by Crippen LogP contribution is -2.28. The zero-order valence-electron chi connectivity index (χ0n) is 10.2. The maximum Gasteiger partial charge on any atom is 0.252 e. The van der Waals surface area contributed by atoms with Gasteiger partial charge < -0.3 is 14.3 Å². The Labute approximate surface area is 104 Å². The van der Waals surface area contributed by atoms with Crippen LogP contribution in [0.3, 0.4) is 0 Å². The van der Waals surface area contributed by atoms with E-state index in [0.29, 0.717) is 11.3 Å². The van der Waals surface area contributed by atoms with Crippen molar-refractivity contribution in [3.05, 3.63) is 58.4 Å². The third-order valence-corrected chi connectivity index (χ3v) is 2.68. The molecular formula is C13H14N2O3. The zero-order valence-corrected chi connectivity index (χ0v) is 10.2. The van der Waals surface area contributed by atoms with Gasteiger partial charge in [0.25, 0.3) is 11.5 Å². The van der Waals surface area contributed by atoms with Crippen molar-refractivity contribution in [2.24, 2.45) is 7.05 Å². The summed E-state index contributed by atoms with van der Waals surface area (Å²) in [5, 5.41) is 2.76. The van der Waals surface area contributed by atoms with Crippen LogP contribution in [0.15, 0.2) is 45.9 Å². The minimum absolute atomic E-state index is 0.215. The van der Waals surface area contributed by atoms with Crippen LogP contribution in [-0.2, 0) is 7.05 Å². The summed E-state index contributed by atoms with van der Waals surface area (Å²) in [5.41, 5.74) is 0.129. The Morgan fingerprint density at radius 1 is 1.44 bits per heavy atom. The molecular weight excluding hydrogens is 232 g/mol. The van der Waals surface area contributed by atoms with Crippen molar-refractivity contribution in [1.29, 1.82) is 0 Å². The van der Waals surface area contributed by atoms with E-state index in [-0.39, 0.29) is 17.5 Å². The summed E-state index contributed by atoms with van der Waals surface area (Å²) in [6.07, 6.45) is 3.12. The highest BCUT2D eigenvalue weighted by Crippen LogP contribution is 2.12. The molecule has 5 nitrogen and oxygen atoms in total. The molecule has 2 aromatic rings. The summed E-state index contributed by atoms with van der Waals surface area (Å²) in [4.78, 5) is 23.3. The summed E-state index contributed by atoms with van der Waals surface area (Å²) >= 11 is 0. The van der Waals surface area contributed by atoms with Crippen LogP contribution < -0.4 is 10.9 Å². The van der Waals surface area contributed by atoms with Crippen molar-refractivity contribution in [3.63, 3.8) is 0 Å². The monoisotopic (exact) mass is 246 g/mol. The number of aryl methyl sites for hydroxylation is 1. The predicted octanol–water partition coefficient (Wildman–Crippen LogP) is 1.47. The minimum Gasteiger partial charge on any atom is -0.467 e. The maximum atomic E-state index is 11.9. The third-order valence-electron chi connectivity index (χ3n) is 2.68. The van der Waals surface area contributed by atoms with Crippen LogP contribution in [0.4, 0.5) is 0 Å².